The van der Waals surface area contributed by atoms with Crippen LogP contribution < -0.4 is 16.4 Å². The maximum absolute atomic E-state index is 11.6. The first-order valence-electron chi connectivity index (χ1n) is 5.08. The summed E-state index contributed by atoms with van der Waals surface area (Å²) >= 11 is 5.89. The number of nitrogens with zero attached hydrogens (tertiary/aromatic N) is 1. The molecule has 0 aliphatic heterocycles. The molecule has 2 amide bonds. The Labute approximate surface area is 109 Å². The van der Waals surface area contributed by atoms with Crippen LogP contribution in [-0.2, 0) is 4.74 Å². The lowest BCUT2D eigenvalue weighted by atomic mass is 10.2. The number of ether oxygens (including phenoxy) is 1. The van der Waals surface area contributed by atoms with Crippen LogP contribution in [-0.4, -0.2) is 37.2 Å². The summed E-state index contributed by atoms with van der Waals surface area (Å²) in [4.78, 5) is 25.9. The molecule has 0 saturated carbocycles. The molecule has 4 N–H and O–H groups in total. The van der Waals surface area contributed by atoms with Gasteiger partial charge in [-0.05, 0) is 6.07 Å². The van der Waals surface area contributed by atoms with Crippen LogP contribution in [0.3, 0.4) is 0 Å². The second-order valence-corrected chi connectivity index (χ2v) is 3.64. The van der Waals surface area contributed by atoms with E-state index in [1.807, 2.05) is 0 Å². The molecular formula is C10H13ClN4O3. The standard InChI is InChI=1S/C10H13ClN4O3/c1-13-8-7(11)4-6(5-15-8)9(16)14-2-3-18-10(12)17/h4-5H,2-3H2,1H3,(H2,12,17)(H,13,15)(H,14,16). The summed E-state index contributed by atoms with van der Waals surface area (Å²) in [6, 6.07) is 1.49. The predicted molar refractivity (Wildman–Crippen MR) is 66.7 cm³/mol. The SMILES string of the molecule is CNc1ncc(C(=O)NCCOC(N)=O)cc1Cl. The summed E-state index contributed by atoms with van der Waals surface area (Å²) in [6.45, 7) is 0.171. The Morgan fingerprint density at radius 1 is 1.56 bits per heavy atom. The van der Waals surface area contributed by atoms with Crippen molar-refractivity contribution < 1.29 is 14.3 Å². The summed E-state index contributed by atoms with van der Waals surface area (Å²) in [6.07, 6.45) is 0.509. The van der Waals surface area contributed by atoms with E-state index in [-0.39, 0.29) is 19.1 Å². The second kappa shape index (κ2) is 6.65. The Morgan fingerprint density at radius 3 is 2.83 bits per heavy atom. The fraction of sp³-hybridized carbons (Fsp3) is 0.300. The van der Waals surface area contributed by atoms with Crippen molar-refractivity contribution >= 4 is 29.4 Å². The largest absolute Gasteiger partial charge is 0.448 e. The van der Waals surface area contributed by atoms with Crippen LogP contribution in [0.2, 0.25) is 5.02 Å². The van der Waals surface area contributed by atoms with E-state index in [0.717, 1.165) is 0 Å². The Hall–Kier alpha value is -2.02. The molecule has 0 aliphatic carbocycles. The minimum atomic E-state index is -0.882. The van der Waals surface area contributed by atoms with Crippen LogP contribution >= 0.6 is 11.6 Å². The number of halogens is 1. The van der Waals surface area contributed by atoms with Crippen molar-refractivity contribution in [2.45, 2.75) is 0 Å². The van der Waals surface area contributed by atoms with Gasteiger partial charge in [0, 0.05) is 13.2 Å². The number of hydrogen-bond donors (Lipinski definition) is 3. The smallest absolute Gasteiger partial charge is 0.404 e. The molecule has 0 spiro atoms. The Morgan fingerprint density at radius 2 is 2.28 bits per heavy atom. The highest BCUT2D eigenvalue weighted by Crippen LogP contribution is 2.19. The lowest BCUT2D eigenvalue weighted by molar-refractivity contribution is 0.0936. The third kappa shape index (κ3) is 4.10. The predicted octanol–water partition coefficient (Wildman–Crippen LogP) is 0.602. The first-order chi connectivity index (χ1) is 8.54. The lowest BCUT2D eigenvalue weighted by Gasteiger charge is -2.07. The van der Waals surface area contributed by atoms with E-state index in [0.29, 0.717) is 16.4 Å². The Balaban J connectivity index is 2.51. The van der Waals surface area contributed by atoms with Crippen LogP contribution in [0.4, 0.5) is 10.6 Å². The van der Waals surface area contributed by atoms with E-state index in [2.05, 4.69) is 20.4 Å². The first-order valence-corrected chi connectivity index (χ1v) is 5.46. The minimum Gasteiger partial charge on any atom is -0.448 e. The molecule has 98 valence electrons. The molecular weight excluding hydrogens is 260 g/mol. The quantitative estimate of drug-likeness (QED) is 0.681. The van der Waals surface area contributed by atoms with Crippen LogP contribution in [0.5, 0.6) is 0 Å². The summed E-state index contributed by atoms with van der Waals surface area (Å²) in [5, 5.41) is 5.65. The molecule has 1 aromatic heterocycles. The number of nitrogens with one attached hydrogen (secondary N) is 2. The molecule has 0 saturated heterocycles. The minimum absolute atomic E-state index is 0.0107. The molecule has 0 fully saturated rings. The molecule has 1 rings (SSSR count). The van der Waals surface area contributed by atoms with Gasteiger partial charge in [-0.2, -0.15) is 0 Å². The zero-order valence-corrected chi connectivity index (χ0v) is 10.5. The lowest BCUT2D eigenvalue weighted by Crippen LogP contribution is -2.29. The highest BCUT2D eigenvalue weighted by Gasteiger charge is 2.08. The molecule has 1 heterocycles. The van der Waals surface area contributed by atoms with Gasteiger partial charge in [0.15, 0.2) is 0 Å². The van der Waals surface area contributed by atoms with Crippen molar-refractivity contribution in [3.05, 3.63) is 22.8 Å². The van der Waals surface area contributed by atoms with E-state index in [9.17, 15) is 9.59 Å². The number of amides is 2. The number of carbonyl (C=O) groups is 2. The van der Waals surface area contributed by atoms with Gasteiger partial charge in [0.1, 0.15) is 12.4 Å². The number of anilines is 1. The van der Waals surface area contributed by atoms with Gasteiger partial charge in [-0.3, -0.25) is 4.79 Å². The van der Waals surface area contributed by atoms with Gasteiger partial charge < -0.3 is 21.1 Å². The van der Waals surface area contributed by atoms with Crippen molar-refractivity contribution in [2.75, 3.05) is 25.5 Å². The van der Waals surface area contributed by atoms with Crippen molar-refractivity contribution in [1.29, 1.82) is 0 Å². The highest BCUT2D eigenvalue weighted by molar-refractivity contribution is 6.33. The van der Waals surface area contributed by atoms with Gasteiger partial charge in [-0.1, -0.05) is 11.6 Å². The third-order valence-electron chi connectivity index (χ3n) is 1.97. The topological polar surface area (TPSA) is 106 Å². The molecule has 0 bridgehead atoms. The number of primary amides is 1. The number of carbonyl (C=O) groups excluding carboxylic acids is 2. The first kappa shape index (κ1) is 14.0. The van der Waals surface area contributed by atoms with Gasteiger partial charge in [0.05, 0.1) is 17.1 Å². The summed E-state index contributed by atoms with van der Waals surface area (Å²) in [5.74, 6) is 0.130. The van der Waals surface area contributed by atoms with E-state index < -0.39 is 6.09 Å². The van der Waals surface area contributed by atoms with Gasteiger partial charge in [-0.25, -0.2) is 9.78 Å². The zero-order valence-electron chi connectivity index (χ0n) is 9.70. The number of aromatic nitrogens is 1. The average molecular weight is 273 g/mol. The maximum atomic E-state index is 11.6. The number of pyridine rings is 1. The van der Waals surface area contributed by atoms with E-state index in [1.54, 1.807) is 7.05 Å². The van der Waals surface area contributed by atoms with Crippen LogP contribution in [0.25, 0.3) is 0 Å². The van der Waals surface area contributed by atoms with Crippen molar-refractivity contribution in [2.24, 2.45) is 5.73 Å². The third-order valence-corrected chi connectivity index (χ3v) is 2.26. The molecule has 0 unspecified atom stereocenters. The summed E-state index contributed by atoms with van der Waals surface area (Å²) < 4.78 is 4.46. The van der Waals surface area contributed by atoms with E-state index in [4.69, 9.17) is 17.3 Å². The molecule has 1 aromatic rings. The van der Waals surface area contributed by atoms with Gasteiger partial charge in [0.25, 0.3) is 5.91 Å². The fourth-order valence-corrected chi connectivity index (χ4v) is 1.43. The monoisotopic (exact) mass is 272 g/mol. The van der Waals surface area contributed by atoms with Crippen LogP contribution in [0, 0.1) is 0 Å². The van der Waals surface area contributed by atoms with Gasteiger partial charge >= 0.3 is 6.09 Å². The summed E-state index contributed by atoms with van der Waals surface area (Å²) in [7, 11) is 1.68. The molecule has 0 aliphatic rings. The Bertz CT molecular complexity index is 453. The van der Waals surface area contributed by atoms with Gasteiger partial charge in [-0.15, -0.1) is 0 Å². The van der Waals surface area contributed by atoms with Gasteiger partial charge in [0.2, 0.25) is 0 Å². The molecule has 0 aromatic carbocycles. The fourth-order valence-electron chi connectivity index (χ4n) is 1.16. The molecule has 7 nitrogen and oxygen atoms in total. The zero-order chi connectivity index (χ0) is 13.5. The average Bonchev–Trinajstić information content (AvgIpc) is 2.34. The van der Waals surface area contributed by atoms with E-state index in [1.165, 1.54) is 12.3 Å². The highest BCUT2D eigenvalue weighted by atomic mass is 35.5. The second-order valence-electron chi connectivity index (χ2n) is 3.23. The number of rotatable bonds is 5. The molecule has 18 heavy (non-hydrogen) atoms. The van der Waals surface area contributed by atoms with Crippen LogP contribution in [0.15, 0.2) is 12.3 Å². The molecule has 0 radical (unpaired) electrons. The molecule has 0 atom stereocenters. The summed E-state index contributed by atoms with van der Waals surface area (Å²) in [5.41, 5.74) is 5.08. The number of hydrogen-bond acceptors (Lipinski definition) is 5. The van der Waals surface area contributed by atoms with Crippen molar-refractivity contribution in [1.82, 2.24) is 10.3 Å². The van der Waals surface area contributed by atoms with Crippen molar-refractivity contribution in [3.8, 4) is 0 Å². The van der Waals surface area contributed by atoms with E-state index >= 15 is 0 Å². The Kier molecular flexibility index (Phi) is 5.19. The normalized spacial score (nSPS) is 9.67. The van der Waals surface area contributed by atoms with Crippen molar-refractivity contribution in [3.63, 3.8) is 0 Å². The number of nitrogens with two attached hydrogens (primary N) is 1. The molecule has 8 heteroatoms. The maximum Gasteiger partial charge on any atom is 0.404 e. The van der Waals surface area contributed by atoms with Crippen LogP contribution in [0.1, 0.15) is 10.4 Å².